The first-order valence-electron chi connectivity index (χ1n) is 4.07. The van der Waals surface area contributed by atoms with Gasteiger partial charge in [0.1, 0.15) is 0 Å². The fourth-order valence-electron chi connectivity index (χ4n) is 0.742. The van der Waals surface area contributed by atoms with Crippen molar-refractivity contribution in [3.8, 4) is 0 Å². The molecule has 0 aromatic carbocycles. The van der Waals surface area contributed by atoms with Crippen LogP contribution in [-0.2, 0) is 0 Å². The molecule has 0 fully saturated rings. The molecule has 0 rings (SSSR count). The molecular formula is C11H16. The van der Waals surface area contributed by atoms with Crippen LogP contribution in [0.25, 0.3) is 0 Å². The van der Waals surface area contributed by atoms with E-state index in [4.69, 9.17) is 6.58 Å². The molecule has 0 aliphatic rings. The highest BCUT2D eigenvalue weighted by molar-refractivity contribution is 5.07. The molecule has 0 saturated heterocycles. The lowest BCUT2D eigenvalue weighted by Crippen LogP contribution is -1.69. The summed E-state index contributed by atoms with van der Waals surface area (Å²) in [7, 11) is 0. The van der Waals surface area contributed by atoms with Gasteiger partial charge in [0.05, 0.1) is 0 Å². The molecule has 0 nitrogen and oxygen atoms in total. The van der Waals surface area contributed by atoms with Crippen LogP contribution in [-0.4, -0.2) is 0 Å². The first-order chi connectivity index (χ1) is 5.41. The smallest absolute Gasteiger partial charge is 0.0348 e. The summed E-state index contributed by atoms with van der Waals surface area (Å²) in [5.74, 6) is 0. The van der Waals surface area contributed by atoms with Crippen LogP contribution in [0.4, 0.5) is 0 Å². The summed E-state index contributed by atoms with van der Waals surface area (Å²) in [5.41, 5.74) is 0. The summed E-state index contributed by atoms with van der Waals surface area (Å²) in [5, 5.41) is 0. The first kappa shape index (κ1) is 10.2. The molecule has 0 N–H and O–H groups in total. The topological polar surface area (TPSA) is 0 Å². The second-order valence-electron chi connectivity index (χ2n) is 2.35. The Kier molecular flexibility index (Phi) is 8.57. The Balaban J connectivity index is 3.15. The Morgan fingerprint density at radius 3 is 2.55 bits per heavy atom. The van der Waals surface area contributed by atoms with Gasteiger partial charge in [-0.15, -0.1) is 0 Å². The van der Waals surface area contributed by atoms with Gasteiger partial charge in [-0.05, 0) is 12.8 Å². The van der Waals surface area contributed by atoms with Gasteiger partial charge in [-0.25, -0.2) is 0 Å². The maximum absolute atomic E-state index is 5.14. The maximum Gasteiger partial charge on any atom is -0.0348 e. The SMILES string of the molecule is [CH]=CC=CC=CCCCC[CH2]. The second kappa shape index (κ2) is 9.22. The zero-order valence-electron chi connectivity index (χ0n) is 7.00. The lowest BCUT2D eigenvalue weighted by atomic mass is 10.2. The fourth-order valence-corrected chi connectivity index (χ4v) is 0.742. The van der Waals surface area contributed by atoms with Gasteiger partial charge in [-0.3, -0.25) is 0 Å². The molecule has 0 heterocycles. The van der Waals surface area contributed by atoms with Crippen LogP contribution in [0.1, 0.15) is 25.7 Å². The van der Waals surface area contributed by atoms with E-state index in [0.717, 1.165) is 12.8 Å². The lowest BCUT2D eigenvalue weighted by Gasteiger charge is -1.89. The molecule has 0 bridgehead atoms. The summed E-state index contributed by atoms with van der Waals surface area (Å²) in [4.78, 5) is 0. The Bertz CT molecular complexity index is 129. The molecule has 11 heavy (non-hydrogen) atoms. The molecule has 0 heteroatoms. The Hall–Kier alpha value is -0.780. The van der Waals surface area contributed by atoms with Crippen LogP contribution in [0.2, 0.25) is 0 Å². The Morgan fingerprint density at radius 2 is 1.91 bits per heavy atom. The van der Waals surface area contributed by atoms with E-state index < -0.39 is 0 Å². The zero-order chi connectivity index (χ0) is 8.36. The van der Waals surface area contributed by atoms with Crippen molar-refractivity contribution in [1.29, 1.82) is 0 Å². The third-order valence-corrected chi connectivity index (χ3v) is 1.34. The standard InChI is InChI=1S/C11H16/c1-3-5-7-9-11-10-8-6-4-2/h1,3,5,7,9,11H,2,4,6,8,10H2. The van der Waals surface area contributed by atoms with Crippen LogP contribution < -0.4 is 0 Å². The van der Waals surface area contributed by atoms with Gasteiger partial charge in [-0.1, -0.05) is 56.7 Å². The minimum absolute atomic E-state index is 1.04. The third-order valence-electron chi connectivity index (χ3n) is 1.34. The third kappa shape index (κ3) is 9.22. The van der Waals surface area contributed by atoms with E-state index in [-0.39, 0.29) is 0 Å². The van der Waals surface area contributed by atoms with E-state index in [1.54, 1.807) is 0 Å². The quantitative estimate of drug-likeness (QED) is 0.399. The molecule has 0 atom stereocenters. The van der Waals surface area contributed by atoms with Gasteiger partial charge in [0, 0.05) is 0 Å². The number of unbranched alkanes of at least 4 members (excludes halogenated alkanes) is 3. The molecule has 2 radical (unpaired) electrons. The van der Waals surface area contributed by atoms with Crippen LogP contribution in [0, 0.1) is 13.5 Å². The number of hydrogen-bond donors (Lipinski definition) is 0. The summed E-state index contributed by atoms with van der Waals surface area (Å²) < 4.78 is 0. The van der Waals surface area contributed by atoms with E-state index in [9.17, 15) is 0 Å². The minimum Gasteiger partial charge on any atom is -0.0845 e. The van der Waals surface area contributed by atoms with E-state index in [1.807, 2.05) is 18.2 Å². The summed E-state index contributed by atoms with van der Waals surface area (Å²) in [6, 6.07) is 0. The van der Waals surface area contributed by atoms with Crippen molar-refractivity contribution < 1.29 is 0 Å². The maximum atomic E-state index is 5.14. The number of hydrogen-bond acceptors (Lipinski definition) is 0. The second-order valence-corrected chi connectivity index (χ2v) is 2.35. The summed E-state index contributed by atoms with van der Waals surface area (Å²) >= 11 is 0. The summed E-state index contributed by atoms with van der Waals surface area (Å²) in [6.07, 6.45) is 14.1. The lowest BCUT2D eigenvalue weighted by molar-refractivity contribution is 0.760. The minimum atomic E-state index is 1.04. The predicted octanol–water partition coefficient (Wildman–Crippen LogP) is 3.48. The van der Waals surface area contributed by atoms with Crippen LogP contribution in [0.5, 0.6) is 0 Å². The molecule has 0 unspecified atom stereocenters. The molecule has 0 aliphatic carbocycles. The average Bonchev–Trinajstić information content (AvgIpc) is 2.03. The van der Waals surface area contributed by atoms with Crippen LogP contribution in [0.15, 0.2) is 30.4 Å². The van der Waals surface area contributed by atoms with Crippen molar-refractivity contribution in [3.05, 3.63) is 43.9 Å². The van der Waals surface area contributed by atoms with Crippen LogP contribution in [0.3, 0.4) is 0 Å². The highest BCUT2D eigenvalue weighted by Crippen LogP contribution is 1.98. The van der Waals surface area contributed by atoms with Crippen LogP contribution >= 0.6 is 0 Å². The normalized spacial score (nSPS) is 11.4. The molecule has 0 spiro atoms. The highest BCUT2D eigenvalue weighted by atomic mass is 13.9. The largest absolute Gasteiger partial charge is 0.0845 e. The fraction of sp³-hybridized carbons (Fsp3) is 0.364. The zero-order valence-corrected chi connectivity index (χ0v) is 7.00. The van der Waals surface area contributed by atoms with Crippen molar-refractivity contribution in [2.45, 2.75) is 25.7 Å². The Labute approximate surface area is 70.3 Å². The molecule has 0 amide bonds. The molecular weight excluding hydrogens is 132 g/mol. The number of rotatable bonds is 6. The van der Waals surface area contributed by atoms with Gasteiger partial charge < -0.3 is 0 Å². The van der Waals surface area contributed by atoms with Gasteiger partial charge >= 0.3 is 0 Å². The monoisotopic (exact) mass is 148 g/mol. The molecule has 0 aromatic heterocycles. The van der Waals surface area contributed by atoms with E-state index in [0.29, 0.717) is 0 Å². The van der Waals surface area contributed by atoms with Gasteiger partial charge in [-0.2, -0.15) is 0 Å². The molecule has 0 aliphatic heterocycles. The Morgan fingerprint density at radius 1 is 1.09 bits per heavy atom. The van der Waals surface area contributed by atoms with Gasteiger partial charge in [0.15, 0.2) is 0 Å². The van der Waals surface area contributed by atoms with Crippen molar-refractivity contribution in [2.24, 2.45) is 0 Å². The van der Waals surface area contributed by atoms with Crippen molar-refractivity contribution in [1.82, 2.24) is 0 Å². The first-order valence-corrected chi connectivity index (χ1v) is 4.07. The molecule has 60 valence electrons. The number of allylic oxidation sites excluding steroid dienone is 5. The van der Waals surface area contributed by atoms with Crippen molar-refractivity contribution in [2.75, 3.05) is 0 Å². The summed E-state index contributed by atoms with van der Waals surface area (Å²) in [6.45, 7) is 8.91. The van der Waals surface area contributed by atoms with Crippen molar-refractivity contribution in [3.63, 3.8) is 0 Å². The molecule has 0 saturated carbocycles. The van der Waals surface area contributed by atoms with Gasteiger partial charge in [0.25, 0.3) is 0 Å². The van der Waals surface area contributed by atoms with E-state index in [1.165, 1.54) is 18.9 Å². The van der Waals surface area contributed by atoms with Gasteiger partial charge in [0.2, 0.25) is 0 Å². The highest BCUT2D eigenvalue weighted by Gasteiger charge is 1.79. The van der Waals surface area contributed by atoms with E-state index in [2.05, 4.69) is 13.0 Å². The van der Waals surface area contributed by atoms with Crippen molar-refractivity contribution >= 4 is 0 Å². The average molecular weight is 148 g/mol. The van der Waals surface area contributed by atoms with E-state index >= 15 is 0 Å². The molecule has 0 aromatic rings. The predicted molar refractivity (Wildman–Crippen MR) is 51.0 cm³/mol.